The van der Waals surface area contributed by atoms with Gasteiger partial charge in [-0.15, -0.1) is 11.3 Å². The molecule has 114 valence electrons. The SMILES string of the molecule is N#Cc1ccc(-c2cnc(C34CC5CC6CC(C3)C54C6)s2)cc1. The highest BCUT2D eigenvalue weighted by molar-refractivity contribution is 7.15. The van der Waals surface area contributed by atoms with Crippen LogP contribution in [-0.4, -0.2) is 4.98 Å². The van der Waals surface area contributed by atoms with E-state index in [1.807, 2.05) is 23.5 Å². The van der Waals surface area contributed by atoms with Crippen LogP contribution in [0.15, 0.2) is 30.5 Å². The van der Waals surface area contributed by atoms with Crippen molar-refractivity contribution >= 4 is 11.3 Å². The van der Waals surface area contributed by atoms with Gasteiger partial charge in [-0.2, -0.15) is 5.26 Å². The molecule has 0 aliphatic heterocycles. The predicted molar refractivity (Wildman–Crippen MR) is 89.9 cm³/mol. The van der Waals surface area contributed by atoms with Crippen molar-refractivity contribution in [3.63, 3.8) is 0 Å². The molecule has 0 radical (unpaired) electrons. The average molecular weight is 318 g/mol. The van der Waals surface area contributed by atoms with Crippen LogP contribution >= 0.6 is 11.3 Å². The second-order valence-electron chi connectivity index (χ2n) is 8.18. The number of rotatable bonds is 2. The molecule has 23 heavy (non-hydrogen) atoms. The summed E-state index contributed by atoms with van der Waals surface area (Å²) >= 11 is 1.91. The third kappa shape index (κ3) is 1.27. The lowest BCUT2D eigenvalue weighted by molar-refractivity contribution is -0.205. The Morgan fingerprint density at radius 1 is 1.09 bits per heavy atom. The molecule has 4 fully saturated rings. The second-order valence-corrected chi connectivity index (χ2v) is 9.22. The lowest BCUT2D eigenvalue weighted by Crippen LogP contribution is -2.70. The molecular formula is C20H18N2S. The average Bonchev–Trinajstić information content (AvgIpc) is 3.24. The number of hydrogen-bond acceptors (Lipinski definition) is 3. The molecule has 1 spiro atoms. The summed E-state index contributed by atoms with van der Waals surface area (Å²) in [5.74, 6) is 3.07. The summed E-state index contributed by atoms with van der Waals surface area (Å²) in [6, 6.07) is 10.1. The van der Waals surface area contributed by atoms with Gasteiger partial charge in [-0.05, 0) is 73.0 Å². The van der Waals surface area contributed by atoms with Crippen LogP contribution in [0.4, 0.5) is 0 Å². The van der Waals surface area contributed by atoms with E-state index in [4.69, 9.17) is 10.2 Å². The van der Waals surface area contributed by atoms with Gasteiger partial charge in [-0.25, -0.2) is 4.98 Å². The molecule has 2 unspecified atom stereocenters. The molecule has 6 rings (SSSR count). The van der Waals surface area contributed by atoms with Crippen LogP contribution in [0.2, 0.25) is 0 Å². The van der Waals surface area contributed by atoms with E-state index in [0.29, 0.717) is 10.8 Å². The highest BCUT2D eigenvalue weighted by Gasteiger charge is 2.82. The highest BCUT2D eigenvalue weighted by Crippen LogP contribution is 2.87. The predicted octanol–water partition coefficient (Wildman–Crippen LogP) is 4.76. The number of thiazole rings is 1. The lowest BCUT2D eigenvalue weighted by Gasteiger charge is -2.73. The summed E-state index contributed by atoms with van der Waals surface area (Å²) in [5.41, 5.74) is 3.03. The number of nitrogens with zero attached hydrogens (tertiary/aromatic N) is 2. The normalized spacial score (nSPS) is 41.8. The Morgan fingerprint density at radius 3 is 2.48 bits per heavy atom. The maximum absolute atomic E-state index is 8.94. The van der Waals surface area contributed by atoms with Gasteiger partial charge in [0.25, 0.3) is 0 Å². The van der Waals surface area contributed by atoms with Crippen LogP contribution in [0, 0.1) is 34.5 Å². The molecule has 4 aliphatic carbocycles. The lowest BCUT2D eigenvalue weighted by atomic mass is 9.30. The van der Waals surface area contributed by atoms with E-state index in [2.05, 4.69) is 24.4 Å². The quantitative estimate of drug-likeness (QED) is 0.800. The summed E-state index contributed by atoms with van der Waals surface area (Å²) in [4.78, 5) is 6.15. The second kappa shape index (κ2) is 3.87. The summed E-state index contributed by atoms with van der Waals surface area (Å²) in [5, 5.41) is 10.4. The zero-order valence-corrected chi connectivity index (χ0v) is 13.8. The Hall–Kier alpha value is -1.66. The number of hydrogen-bond donors (Lipinski definition) is 0. The van der Waals surface area contributed by atoms with Crippen molar-refractivity contribution in [2.24, 2.45) is 23.2 Å². The zero-order chi connectivity index (χ0) is 15.2. The van der Waals surface area contributed by atoms with E-state index in [-0.39, 0.29) is 0 Å². The molecule has 1 aromatic heterocycles. The molecule has 4 aliphatic rings. The molecule has 3 heteroatoms. The number of fused-ring (bicyclic) bond motifs is 1. The third-order valence-electron chi connectivity index (χ3n) is 7.61. The summed E-state index contributed by atoms with van der Waals surface area (Å²) in [7, 11) is 0. The maximum atomic E-state index is 8.94. The van der Waals surface area contributed by atoms with Crippen LogP contribution in [0.25, 0.3) is 10.4 Å². The Labute approximate surface area is 140 Å². The van der Waals surface area contributed by atoms with E-state index in [9.17, 15) is 0 Å². The molecule has 1 aromatic carbocycles. The van der Waals surface area contributed by atoms with Crippen molar-refractivity contribution in [3.8, 4) is 16.5 Å². The molecule has 0 amide bonds. The van der Waals surface area contributed by atoms with Crippen LogP contribution < -0.4 is 0 Å². The van der Waals surface area contributed by atoms with Gasteiger partial charge >= 0.3 is 0 Å². The summed E-state index contributed by atoms with van der Waals surface area (Å²) in [6.45, 7) is 0. The van der Waals surface area contributed by atoms with Crippen molar-refractivity contribution in [1.82, 2.24) is 4.98 Å². The standard InChI is InChI=1S/C20H18N2S/c21-10-12-1-3-14(4-2-12)17-11-22-18(23-17)19-8-15-5-13-6-16(9-19)20(15,19)7-13/h1-4,11,13,15-16H,5-9H2. The zero-order valence-electron chi connectivity index (χ0n) is 13.0. The molecular weight excluding hydrogens is 300 g/mol. The van der Waals surface area contributed by atoms with Crippen molar-refractivity contribution in [3.05, 3.63) is 41.0 Å². The van der Waals surface area contributed by atoms with Crippen LogP contribution in [-0.2, 0) is 5.41 Å². The minimum atomic E-state index is 0.448. The van der Waals surface area contributed by atoms with Gasteiger partial charge in [0, 0.05) is 11.6 Å². The van der Waals surface area contributed by atoms with E-state index in [0.717, 1.165) is 23.3 Å². The van der Waals surface area contributed by atoms with Crippen LogP contribution in [0.1, 0.15) is 42.7 Å². The molecule has 2 nitrogen and oxygen atoms in total. The Morgan fingerprint density at radius 2 is 1.83 bits per heavy atom. The third-order valence-corrected chi connectivity index (χ3v) is 8.86. The smallest absolute Gasteiger partial charge is 0.0999 e. The van der Waals surface area contributed by atoms with Crippen molar-refractivity contribution in [2.45, 2.75) is 37.5 Å². The van der Waals surface area contributed by atoms with Gasteiger partial charge in [0.1, 0.15) is 0 Å². The highest BCUT2D eigenvalue weighted by atomic mass is 32.1. The monoisotopic (exact) mass is 318 g/mol. The molecule has 4 saturated carbocycles. The van der Waals surface area contributed by atoms with E-state index >= 15 is 0 Å². The van der Waals surface area contributed by atoms with E-state index < -0.39 is 0 Å². The largest absolute Gasteiger partial charge is 0.248 e. The Balaban J connectivity index is 1.37. The molecule has 0 saturated heterocycles. The molecule has 2 atom stereocenters. The minimum Gasteiger partial charge on any atom is -0.248 e. The van der Waals surface area contributed by atoms with E-state index in [1.165, 1.54) is 47.6 Å². The van der Waals surface area contributed by atoms with Gasteiger partial charge in [0.05, 0.1) is 21.5 Å². The first-order valence-corrected chi connectivity index (χ1v) is 9.54. The fourth-order valence-corrected chi connectivity index (χ4v) is 8.12. The molecule has 0 N–H and O–H groups in total. The van der Waals surface area contributed by atoms with Gasteiger partial charge in [-0.3, -0.25) is 0 Å². The number of aromatic nitrogens is 1. The summed E-state index contributed by atoms with van der Waals surface area (Å²) in [6.07, 6.45) is 9.38. The van der Waals surface area contributed by atoms with Crippen LogP contribution in [0.5, 0.6) is 0 Å². The Bertz CT molecular complexity index is 841. The first-order valence-electron chi connectivity index (χ1n) is 8.72. The fraction of sp³-hybridized carbons (Fsp3) is 0.500. The van der Waals surface area contributed by atoms with Gasteiger partial charge < -0.3 is 0 Å². The number of nitriles is 1. The number of benzene rings is 1. The van der Waals surface area contributed by atoms with Crippen molar-refractivity contribution in [1.29, 1.82) is 5.26 Å². The first-order chi connectivity index (χ1) is 11.2. The van der Waals surface area contributed by atoms with Crippen LogP contribution in [0.3, 0.4) is 0 Å². The topological polar surface area (TPSA) is 36.7 Å². The van der Waals surface area contributed by atoms with Gasteiger partial charge in [-0.1, -0.05) is 12.1 Å². The van der Waals surface area contributed by atoms with E-state index in [1.54, 1.807) is 0 Å². The Kier molecular flexibility index (Phi) is 2.14. The molecule has 2 aromatic rings. The van der Waals surface area contributed by atoms with Crippen molar-refractivity contribution in [2.75, 3.05) is 0 Å². The fourth-order valence-electron chi connectivity index (χ4n) is 6.89. The first kappa shape index (κ1) is 12.7. The van der Waals surface area contributed by atoms with Gasteiger partial charge in [0.2, 0.25) is 0 Å². The minimum absolute atomic E-state index is 0.448. The molecule has 2 bridgehead atoms. The maximum Gasteiger partial charge on any atom is 0.0999 e. The van der Waals surface area contributed by atoms with Crippen molar-refractivity contribution < 1.29 is 0 Å². The summed E-state index contributed by atoms with van der Waals surface area (Å²) < 4.78 is 0. The molecule has 1 heterocycles. The van der Waals surface area contributed by atoms with Gasteiger partial charge in [0.15, 0.2) is 0 Å².